The summed E-state index contributed by atoms with van der Waals surface area (Å²) in [6.07, 6.45) is 6.19. The van der Waals surface area contributed by atoms with Crippen LogP contribution < -0.4 is 5.73 Å². The molecular weight excluding hydrogens is 322 g/mol. The van der Waals surface area contributed by atoms with E-state index in [0.29, 0.717) is 19.6 Å². The molecule has 138 valence electrons. The Balaban J connectivity index is 1.56. The van der Waals surface area contributed by atoms with Crippen molar-refractivity contribution in [2.45, 2.75) is 25.8 Å². The Labute approximate surface area is 147 Å². The van der Waals surface area contributed by atoms with Gasteiger partial charge in [-0.05, 0) is 37.3 Å². The highest BCUT2D eigenvalue weighted by atomic mass is 16.3. The van der Waals surface area contributed by atoms with Gasteiger partial charge in [0.1, 0.15) is 6.54 Å². The second-order valence-corrected chi connectivity index (χ2v) is 7.28. The van der Waals surface area contributed by atoms with Crippen LogP contribution in [-0.4, -0.2) is 75.8 Å². The van der Waals surface area contributed by atoms with E-state index in [1.54, 1.807) is 17.1 Å². The number of carbonyl (C=O) groups excluding carboxylic acids is 2. The minimum Gasteiger partial charge on any atom is -0.396 e. The first-order chi connectivity index (χ1) is 12.0. The zero-order valence-corrected chi connectivity index (χ0v) is 14.5. The maximum Gasteiger partial charge on any atom is 0.244 e. The van der Waals surface area contributed by atoms with Gasteiger partial charge in [-0.2, -0.15) is 5.10 Å². The van der Waals surface area contributed by atoms with Gasteiger partial charge in [-0.3, -0.25) is 19.2 Å². The first-order valence-corrected chi connectivity index (χ1v) is 8.89. The molecule has 1 aromatic rings. The van der Waals surface area contributed by atoms with Crippen molar-refractivity contribution in [2.75, 3.05) is 39.3 Å². The molecule has 1 atom stereocenters. The summed E-state index contributed by atoms with van der Waals surface area (Å²) >= 11 is 0. The quantitative estimate of drug-likeness (QED) is 0.731. The lowest BCUT2D eigenvalue weighted by Crippen LogP contribution is -2.55. The van der Waals surface area contributed by atoms with Crippen LogP contribution in [0.1, 0.15) is 19.3 Å². The molecule has 8 nitrogen and oxygen atoms in total. The first kappa shape index (κ1) is 17.9. The van der Waals surface area contributed by atoms with Gasteiger partial charge in [-0.25, -0.2) is 0 Å². The molecule has 2 fully saturated rings. The number of rotatable bonds is 5. The third-order valence-corrected chi connectivity index (χ3v) is 5.84. The van der Waals surface area contributed by atoms with Gasteiger partial charge in [0.25, 0.3) is 0 Å². The van der Waals surface area contributed by atoms with Crippen LogP contribution in [-0.2, 0) is 16.1 Å². The molecule has 1 spiro atoms. The number of hydrogen-bond donors (Lipinski definition) is 2. The summed E-state index contributed by atoms with van der Waals surface area (Å²) in [6.45, 7) is 3.58. The molecule has 3 rings (SSSR count). The number of likely N-dealkylation sites (tertiary alicyclic amines) is 2. The Morgan fingerprint density at radius 2 is 1.92 bits per heavy atom. The summed E-state index contributed by atoms with van der Waals surface area (Å²) in [5.41, 5.74) is 5.35. The molecule has 0 aromatic carbocycles. The molecule has 0 bridgehead atoms. The van der Waals surface area contributed by atoms with Crippen molar-refractivity contribution in [2.24, 2.45) is 17.1 Å². The number of nitrogens with zero attached hydrogens (tertiary/aromatic N) is 4. The predicted octanol–water partition coefficient (Wildman–Crippen LogP) is -0.709. The van der Waals surface area contributed by atoms with Crippen molar-refractivity contribution in [3.05, 3.63) is 18.5 Å². The van der Waals surface area contributed by atoms with Gasteiger partial charge in [0, 0.05) is 44.6 Å². The first-order valence-electron chi connectivity index (χ1n) is 8.89. The van der Waals surface area contributed by atoms with Crippen LogP contribution >= 0.6 is 0 Å². The maximum atomic E-state index is 12.4. The third-order valence-electron chi connectivity index (χ3n) is 5.84. The van der Waals surface area contributed by atoms with E-state index in [9.17, 15) is 14.7 Å². The van der Waals surface area contributed by atoms with Crippen LogP contribution in [0.5, 0.6) is 0 Å². The highest BCUT2D eigenvalue weighted by Gasteiger charge is 2.45. The molecule has 2 saturated heterocycles. The van der Waals surface area contributed by atoms with Crippen LogP contribution in [0.2, 0.25) is 0 Å². The van der Waals surface area contributed by atoms with Crippen LogP contribution in [0.15, 0.2) is 18.5 Å². The lowest BCUT2D eigenvalue weighted by molar-refractivity contribution is -0.137. The number of primary amides is 1. The van der Waals surface area contributed by atoms with E-state index < -0.39 is 0 Å². The zero-order chi connectivity index (χ0) is 17.9. The highest BCUT2D eigenvalue weighted by molar-refractivity contribution is 5.76. The molecule has 2 aliphatic heterocycles. The Morgan fingerprint density at radius 3 is 2.52 bits per heavy atom. The summed E-state index contributed by atoms with van der Waals surface area (Å²) < 4.78 is 1.64. The minimum atomic E-state index is -0.327. The molecule has 3 N–H and O–H groups in total. The third kappa shape index (κ3) is 4.01. The summed E-state index contributed by atoms with van der Waals surface area (Å²) in [5.74, 6) is -0.110. The van der Waals surface area contributed by atoms with Crippen molar-refractivity contribution >= 4 is 11.8 Å². The number of aliphatic hydroxyl groups excluding tert-OH is 1. The molecule has 0 radical (unpaired) electrons. The summed E-state index contributed by atoms with van der Waals surface area (Å²) in [4.78, 5) is 27.5. The minimum absolute atomic E-state index is 0.0609. The second kappa shape index (κ2) is 7.53. The molecular formula is C17H27N5O3. The Hall–Kier alpha value is -1.93. The fraction of sp³-hybridized carbons (Fsp3) is 0.706. The molecule has 3 heterocycles. The van der Waals surface area contributed by atoms with Crippen LogP contribution in [0, 0.1) is 11.3 Å². The number of nitrogens with two attached hydrogens (primary N) is 1. The molecule has 0 unspecified atom stereocenters. The number of amides is 2. The fourth-order valence-corrected chi connectivity index (χ4v) is 4.29. The number of hydrogen-bond acceptors (Lipinski definition) is 5. The van der Waals surface area contributed by atoms with Gasteiger partial charge in [-0.15, -0.1) is 0 Å². The number of piperidine rings is 2. The van der Waals surface area contributed by atoms with Gasteiger partial charge >= 0.3 is 0 Å². The van der Waals surface area contributed by atoms with Crippen LogP contribution in [0.4, 0.5) is 0 Å². The standard InChI is InChI=1S/C17H27N5O3/c18-15(24)11-20-7-2-17(14(10-20)13-23)3-8-21(9-4-17)16(25)12-22-6-1-5-19-22/h1,5-6,14,23H,2-4,7-13H2,(H2,18,24)/t14-/m1/s1. The van der Waals surface area contributed by atoms with E-state index in [0.717, 1.165) is 25.8 Å². The molecule has 2 aliphatic rings. The average molecular weight is 349 g/mol. The van der Waals surface area contributed by atoms with Crippen molar-refractivity contribution in [1.82, 2.24) is 19.6 Å². The van der Waals surface area contributed by atoms with E-state index >= 15 is 0 Å². The summed E-state index contributed by atoms with van der Waals surface area (Å²) in [7, 11) is 0. The largest absolute Gasteiger partial charge is 0.396 e. The van der Waals surface area contributed by atoms with E-state index in [-0.39, 0.29) is 42.8 Å². The highest BCUT2D eigenvalue weighted by Crippen LogP contribution is 2.45. The van der Waals surface area contributed by atoms with Crippen molar-refractivity contribution < 1.29 is 14.7 Å². The SMILES string of the molecule is NC(=O)CN1CCC2(CCN(C(=O)Cn3cccn3)CC2)[C@@H](CO)C1. The Morgan fingerprint density at radius 1 is 1.20 bits per heavy atom. The van der Waals surface area contributed by atoms with E-state index in [1.807, 2.05) is 15.9 Å². The van der Waals surface area contributed by atoms with Crippen LogP contribution in [0.25, 0.3) is 0 Å². The molecule has 0 saturated carbocycles. The van der Waals surface area contributed by atoms with Gasteiger partial charge in [-0.1, -0.05) is 0 Å². The maximum absolute atomic E-state index is 12.4. The summed E-state index contributed by atoms with van der Waals surface area (Å²) in [5, 5.41) is 14.0. The van der Waals surface area contributed by atoms with Crippen molar-refractivity contribution in [3.63, 3.8) is 0 Å². The number of aliphatic hydroxyl groups is 1. The average Bonchev–Trinajstić information content (AvgIpc) is 3.10. The Bertz CT molecular complexity index is 595. The monoisotopic (exact) mass is 349 g/mol. The zero-order valence-electron chi connectivity index (χ0n) is 14.5. The summed E-state index contributed by atoms with van der Waals surface area (Å²) in [6, 6.07) is 1.81. The van der Waals surface area contributed by atoms with Gasteiger partial charge in [0.05, 0.1) is 6.54 Å². The normalized spacial score (nSPS) is 23.7. The molecule has 0 aliphatic carbocycles. The molecule has 2 amide bonds. The van der Waals surface area contributed by atoms with Gasteiger partial charge in [0.15, 0.2) is 0 Å². The van der Waals surface area contributed by atoms with Crippen LogP contribution in [0.3, 0.4) is 0 Å². The predicted molar refractivity (Wildman–Crippen MR) is 91.3 cm³/mol. The lowest BCUT2D eigenvalue weighted by Gasteiger charge is -2.51. The topological polar surface area (TPSA) is 105 Å². The van der Waals surface area contributed by atoms with E-state index in [2.05, 4.69) is 5.10 Å². The Kier molecular flexibility index (Phi) is 5.39. The van der Waals surface area contributed by atoms with E-state index in [1.165, 1.54) is 0 Å². The molecule has 1 aromatic heterocycles. The lowest BCUT2D eigenvalue weighted by atomic mass is 9.64. The second-order valence-electron chi connectivity index (χ2n) is 7.28. The van der Waals surface area contributed by atoms with Gasteiger partial charge in [0.2, 0.25) is 11.8 Å². The van der Waals surface area contributed by atoms with Crippen molar-refractivity contribution in [3.8, 4) is 0 Å². The molecule has 25 heavy (non-hydrogen) atoms. The van der Waals surface area contributed by atoms with Gasteiger partial charge < -0.3 is 15.7 Å². The fourth-order valence-electron chi connectivity index (χ4n) is 4.29. The van der Waals surface area contributed by atoms with E-state index in [4.69, 9.17) is 5.73 Å². The number of aromatic nitrogens is 2. The molecule has 8 heteroatoms. The van der Waals surface area contributed by atoms with Crippen molar-refractivity contribution in [1.29, 1.82) is 0 Å². The number of carbonyl (C=O) groups is 2. The smallest absolute Gasteiger partial charge is 0.244 e.